The second-order valence-electron chi connectivity index (χ2n) is 6.90. The predicted molar refractivity (Wildman–Crippen MR) is 76.2 cm³/mol. The smallest absolute Gasteiger partial charge is 0.315 e. The minimum atomic E-state index is -0.899. The van der Waals surface area contributed by atoms with Gasteiger partial charge in [0, 0.05) is 11.6 Å². The summed E-state index contributed by atoms with van der Waals surface area (Å²) >= 11 is 0. The zero-order valence-electron chi connectivity index (χ0n) is 13.0. The summed E-state index contributed by atoms with van der Waals surface area (Å²) in [6.45, 7) is 11.9. The Balaban J connectivity index is 4.55. The van der Waals surface area contributed by atoms with Crippen LogP contribution in [0, 0.1) is 5.41 Å². The van der Waals surface area contributed by atoms with Crippen LogP contribution in [0.5, 0.6) is 0 Å². The highest BCUT2D eigenvalue weighted by Gasteiger charge is 2.24. The van der Waals surface area contributed by atoms with Gasteiger partial charge in [0.05, 0.1) is 6.42 Å². The molecule has 0 fully saturated rings. The molecule has 0 spiro atoms. The predicted octanol–water partition coefficient (Wildman–Crippen LogP) is 2.75. The molecule has 5 heteroatoms. The molecule has 0 aromatic heterocycles. The molecule has 112 valence electrons. The summed E-state index contributed by atoms with van der Waals surface area (Å²) < 4.78 is 0. The van der Waals surface area contributed by atoms with Crippen LogP contribution in [0.25, 0.3) is 0 Å². The maximum atomic E-state index is 11.9. The fraction of sp³-hybridized carbons (Fsp3) is 0.857. The summed E-state index contributed by atoms with van der Waals surface area (Å²) in [6, 6.07) is -0.660. The van der Waals surface area contributed by atoms with Crippen molar-refractivity contribution in [2.75, 3.05) is 0 Å². The first-order valence-corrected chi connectivity index (χ1v) is 6.75. The maximum absolute atomic E-state index is 11.9. The third kappa shape index (κ3) is 9.33. The van der Waals surface area contributed by atoms with Crippen molar-refractivity contribution < 1.29 is 14.7 Å². The molecule has 1 atom stereocenters. The molecular weight excluding hydrogens is 244 g/mol. The van der Waals surface area contributed by atoms with E-state index in [1.54, 1.807) is 0 Å². The Bertz CT molecular complexity index is 319. The second kappa shape index (κ2) is 6.78. The molecular formula is C14H28N2O3. The number of carboxylic acids is 1. The molecule has 1 unspecified atom stereocenters. The number of rotatable bonds is 6. The SMILES string of the molecule is CCC(C)(C)NC(=O)NC(CC(=O)O)CC(C)(C)C. The first-order chi connectivity index (χ1) is 8.45. The van der Waals surface area contributed by atoms with Crippen LogP contribution in [0.1, 0.15) is 60.8 Å². The van der Waals surface area contributed by atoms with Crippen LogP contribution in [0.15, 0.2) is 0 Å². The van der Waals surface area contributed by atoms with Gasteiger partial charge in [0.25, 0.3) is 0 Å². The van der Waals surface area contributed by atoms with Crippen LogP contribution in [0.2, 0.25) is 0 Å². The normalized spacial score (nSPS) is 13.8. The summed E-state index contributed by atoms with van der Waals surface area (Å²) in [5, 5.41) is 14.5. The molecule has 3 N–H and O–H groups in total. The number of hydrogen-bond acceptors (Lipinski definition) is 2. The Labute approximate surface area is 116 Å². The number of carbonyl (C=O) groups excluding carboxylic acids is 1. The molecule has 0 heterocycles. The monoisotopic (exact) mass is 272 g/mol. The van der Waals surface area contributed by atoms with Crippen molar-refractivity contribution >= 4 is 12.0 Å². The summed E-state index contributed by atoms with van der Waals surface area (Å²) in [7, 11) is 0. The van der Waals surface area contributed by atoms with Crippen LogP contribution >= 0.6 is 0 Å². The Hall–Kier alpha value is -1.26. The van der Waals surface area contributed by atoms with E-state index >= 15 is 0 Å². The van der Waals surface area contributed by atoms with Crippen LogP contribution < -0.4 is 10.6 Å². The standard InChI is InChI=1S/C14H28N2O3/c1-7-14(5,6)16-12(19)15-10(8-11(17)18)9-13(2,3)4/h10H,7-9H2,1-6H3,(H,17,18)(H2,15,16,19). The van der Waals surface area contributed by atoms with Crippen molar-refractivity contribution in [3.8, 4) is 0 Å². The summed E-state index contributed by atoms with van der Waals surface area (Å²) in [5.74, 6) is -0.899. The van der Waals surface area contributed by atoms with Gasteiger partial charge in [-0.15, -0.1) is 0 Å². The lowest BCUT2D eigenvalue weighted by Gasteiger charge is -2.29. The maximum Gasteiger partial charge on any atom is 0.315 e. The summed E-state index contributed by atoms with van der Waals surface area (Å²) in [5.41, 5.74) is -0.326. The number of hydrogen-bond donors (Lipinski definition) is 3. The Kier molecular flexibility index (Phi) is 6.33. The molecule has 0 aliphatic rings. The highest BCUT2D eigenvalue weighted by Crippen LogP contribution is 2.22. The second-order valence-corrected chi connectivity index (χ2v) is 6.90. The Morgan fingerprint density at radius 3 is 2.05 bits per heavy atom. The van der Waals surface area contributed by atoms with Crippen LogP contribution in [0.3, 0.4) is 0 Å². The average Bonchev–Trinajstić information content (AvgIpc) is 2.12. The van der Waals surface area contributed by atoms with Crippen LogP contribution in [0.4, 0.5) is 4.79 Å². The number of carbonyl (C=O) groups is 2. The first-order valence-electron chi connectivity index (χ1n) is 6.75. The number of aliphatic carboxylic acids is 1. The Morgan fingerprint density at radius 2 is 1.68 bits per heavy atom. The van der Waals surface area contributed by atoms with Crippen molar-refractivity contribution in [2.45, 2.75) is 72.4 Å². The molecule has 0 saturated carbocycles. The van der Waals surface area contributed by atoms with Crippen molar-refractivity contribution in [1.82, 2.24) is 10.6 Å². The van der Waals surface area contributed by atoms with Gasteiger partial charge in [0.15, 0.2) is 0 Å². The van der Waals surface area contributed by atoms with Gasteiger partial charge in [-0.3, -0.25) is 4.79 Å². The third-order valence-electron chi connectivity index (χ3n) is 2.95. The quantitative estimate of drug-likeness (QED) is 0.695. The van der Waals surface area contributed by atoms with Gasteiger partial charge in [0.2, 0.25) is 0 Å². The van der Waals surface area contributed by atoms with Crippen molar-refractivity contribution in [3.05, 3.63) is 0 Å². The molecule has 0 saturated heterocycles. The van der Waals surface area contributed by atoms with Crippen molar-refractivity contribution in [3.63, 3.8) is 0 Å². The lowest BCUT2D eigenvalue weighted by Crippen LogP contribution is -2.51. The van der Waals surface area contributed by atoms with Gasteiger partial charge in [0.1, 0.15) is 0 Å². The number of carboxylic acid groups (broad SMARTS) is 1. The van der Waals surface area contributed by atoms with Gasteiger partial charge >= 0.3 is 12.0 Å². The largest absolute Gasteiger partial charge is 0.481 e. The molecule has 0 aromatic carbocycles. The van der Waals surface area contributed by atoms with E-state index in [1.807, 2.05) is 41.5 Å². The zero-order valence-corrected chi connectivity index (χ0v) is 13.0. The molecule has 0 rings (SSSR count). The minimum absolute atomic E-state index is 0.0341. The van der Waals surface area contributed by atoms with E-state index in [2.05, 4.69) is 10.6 Å². The summed E-state index contributed by atoms with van der Waals surface area (Å²) in [6.07, 6.45) is 1.37. The minimum Gasteiger partial charge on any atom is -0.481 e. The van der Waals surface area contributed by atoms with E-state index in [1.165, 1.54) is 0 Å². The number of amides is 2. The molecule has 19 heavy (non-hydrogen) atoms. The molecule has 0 bridgehead atoms. The van der Waals surface area contributed by atoms with Crippen LogP contribution in [-0.4, -0.2) is 28.7 Å². The molecule has 0 aromatic rings. The van der Waals surface area contributed by atoms with E-state index < -0.39 is 5.97 Å². The molecule has 0 aliphatic heterocycles. The van der Waals surface area contributed by atoms with E-state index in [4.69, 9.17) is 5.11 Å². The highest BCUT2D eigenvalue weighted by molar-refractivity contribution is 5.76. The molecule has 0 aliphatic carbocycles. The fourth-order valence-electron chi connectivity index (χ4n) is 1.74. The van der Waals surface area contributed by atoms with Crippen molar-refractivity contribution in [1.29, 1.82) is 0 Å². The van der Waals surface area contributed by atoms with Gasteiger partial charge in [-0.2, -0.15) is 0 Å². The van der Waals surface area contributed by atoms with E-state index in [-0.39, 0.29) is 29.4 Å². The molecule has 0 radical (unpaired) electrons. The topological polar surface area (TPSA) is 78.4 Å². The highest BCUT2D eigenvalue weighted by atomic mass is 16.4. The average molecular weight is 272 g/mol. The first kappa shape index (κ1) is 17.7. The van der Waals surface area contributed by atoms with E-state index in [0.717, 1.165) is 6.42 Å². The lowest BCUT2D eigenvalue weighted by molar-refractivity contribution is -0.137. The Morgan fingerprint density at radius 1 is 1.16 bits per heavy atom. The third-order valence-corrected chi connectivity index (χ3v) is 2.95. The number of urea groups is 1. The van der Waals surface area contributed by atoms with Gasteiger partial charge in [-0.1, -0.05) is 27.7 Å². The molecule has 2 amide bonds. The van der Waals surface area contributed by atoms with Gasteiger partial charge in [-0.25, -0.2) is 4.79 Å². The fourth-order valence-corrected chi connectivity index (χ4v) is 1.74. The molecule has 5 nitrogen and oxygen atoms in total. The van der Waals surface area contributed by atoms with Gasteiger partial charge in [-0.05, 0) is 32.1 Å². The van der Waals surface area contributed by atoms with Crippen LogP contribution in [-0.2, 0) is 4.79 Å². The zero-order chi connectivity index (χ0) is 15.3. The lowest BCUT2D eigenvalue weighted by atomic mass is 9.87. The van der Waals surface area contributed by atoms with Crippen molar-refractivity contribution in [2.24, 2.45) is 5.41 Å². The number of nitrogens with one attached hydrogen (secondary N) is 2. The van der Waals surface area contributed by atoms with E-state index in [0.29, 0.717) is 6.42 Å². The van der Waals surface area contributed by atoms with E-state index in [9.17, 15) is 9.59 Å². The summed E-state index contributed by atoms with van der Waals surface area (Å²) in [4.78, 5) is 22.7. The van der Waals surface area contributed by atoms with Gasteiger partial charge < -0.3 is 15.7 Å².